The highest BCUT2D eigenvalue weighted by molar-refractivity contribution is 5.83. The first-order valence-electron chi connectivity index (χ1n) is 8.15. The molecule has 19 heavy (non-hydrogen) atoms. The van der Waals surface area contributed by atoms with Crippen molar-refractivity contribution < 1.29 is 4.79 Å². The van der Waals surface area contributed by atoms with Crippen LogP contribution in [0.1, 0.15) is 71.1 Å². The molecule has 0 spiro atoms. The van der Waals surface area contributed by atoms with E-state index in [0.29, 0.717) is 12.0 Å². The van der Waals surface area contributed by atoms with E-state index in [2.05, 4.69) is 12.2 Å². The van der Waals surface area contributed by atoms with Gasteiger partial charge in [0.05, 0.1) is 5.41 Å². The van der Waals surface area contributed by atoms with Crippen LogP contribution in [0.2, 0.25) is 0 Å². The van der Waals surface area contributed by atoms with Crippen LogP contribution in [0, 0.1) is 10.8 Å². The Bertz CT molecular complexity index is 302. The smallest absolute Gasteiger partial charge is 0.227 e. The van der Waals surface area contributed by atoms with Gasteiger partial charge in [-0.15, -0.1) is 0 Å². The Hall–Kier alpha value is -0.570. The molecular weight excluding hydrogens is 236 g/mol. The third kappa shape index (κ3) is 3.13. The van der Waals surface area contributed by atoms with Gasteiger partial charge in [-0.25, -0.2) is 0 Å². The van der Waals surface area contributed by atoms with Gasteiger partial charge in [0.25, 0.3) is 0 Å². The average Bonchev–Trinajstić information content (AvgIpc) is 2.95. The Morgan fingerprint density at radius 2 is 1.63 bits per heavy atom. The molecule has 2 saturated carbocycles. The molecule has 0 aromatic rings. The summed E-state index contributed by atoms with van der Waals surface area (Å²) in [5.74, 6) is 0.231. The summed E-state index contributed by atoms with van der Waals surface area (Å²) < 4.78 is 0. The summed E-state index contributed by atoms with van der Waals surface area (Å²) >= 11 is 0. The summed E-state index contributed by atoms with van der Waals surface area (Å²) in [6.07, 6.45) is 11.9. The molecule has 0 saturated heterocycles. The van der Waals surface area contributed by atoms with Gasteiger partial charge in [0.1, 0.15) is 0 Å². The lowest BCUT2D eigenvalue weighted by Gasteiger charge is -2.36. The quantitative estimate of drug-likeness (QED) is 0.803. The van der Waals surface area contributed by atoms with Gasteiger partial charge >= 0.3 is 0 Å². The van der Waals surface area contributed by atoms with E-state index in [1.54, 1.807) is 0 Å². The number of carbonyl (C=O) groups is 1. The van der Waals surface area contributed by atoms with Crippen LogP contribution < -0.4 is 11.1 Å². The molecule has 3 N–H and O–H groups in total. The monoisotopic (exact) mass is 266 g/mol. The zero-order valence-corrected chi connectivity index (χ0v) is 12.5. The molecule has 3 nitrogen and oxygen atoms in total. The fraction of sp³-hybridized carbons (Fsp3) is 0.938. The number of rotatable bonds is 5. The molecule has 2 fully saturated rings. The average molecular weight is 266 g/mol. The minimum atomic E-state index is -0.258. The van der Waals surface area contributed by atoms with Crippen LogP contribution in [-0.4, -0.2) is 19.0 Å². The van der Waals surface area contributed by atoms with Crippen molar-refractivity contribution in [2.45, 2.75) is 71.1 Å². The lowest BCUT2D eigenvalue weighted by molar-refractivity contribution is -0.133. The van der Waals surface area contributed by atoms with Crippen LogP contribution in [0.25, 0.3) is 0 Å². The summed E-state index contributed by atoms with van der Waals surface area (Å²) in [6.45, 7) is 3.64. The SMILES string of the molecule is CCC1(CNC(=O)C2(CN)CCCCC2)CCCC1. The predicted molar refractivity (Wildman–Crippen MR) is 78.8 cm³/mol. The van der Waals surface area contributed by atoms with Gasteiger partial charge in [-0.1, -0.05) is 39.0 Å². The number of nitrogens with one attached hydrogen (secondary N) is 1. The first-order chi connectivity index (χ1) is 9.16. The van der Waals surface area contributed by atoms with Gasteiger partial charge in [0.15, 0.2) is 0 Å². The molecular formula is C16H30N2O. The second-order valence-electron chi connectivity index (χ2n) is 6.79. The Morgan fingerprint density at radius 1 is 1.05 bits per heavy atom. The molecule has 0 heterocycles. The Balaban J connectivity index is 1.92. The number of hydrogen-bond donors (Lipinski definition) is 2. The van der Waals surface area contributed by atoms with Crippen LogP contribution in [0.3, 0.4) is 0 Å². The summed E-state index contributed by atoms with van der Waals surface area (Å²) in [6, 6.07) is 0. The number of carbonyl (C=O) groups excluding carboxylic acids is 1. The number of amides is 1. The third-order valence-corrected chi connectivity index (χ3v) is 5.72. The van der Waals surface area contributed by atoms with Crippen molar-refractivity contribution in [1.29, 1.82) is 0 Å². The van der Waals surface area contributed by atoms with Crippen molar-refractivity contribution in [3.05, 3.63) is 0 Å². The van der Waals surface area contributed by atoms with E-state index in [-0.39, 0.29) is 11.3 Å². The summed E-state index contributed by atoms with van der Waals surface area (Å²) in [5, 5.41) is 3.26. The third-order valence-electron chi connectivity index (χ3n) is 5.72. The van der Waals surface area contributed by atoms with Crippen LogP contribution in [-0.2, 0) is 4.79 Å². The van der Waals surface area contributed by atoms with E-state index < -0.39 is 0 Å². The molecule has 0 aromatic carbocycles. The van der Waals surface area contributed by atoms with E-state index >= 15 is 0 Å². The van der Waals surface area contributed by atoms with Crippen LogP contribution in [0.15, 0.2) is 0 Å². The standard InChI is InChI=1S/C16H30N2O/c1-2-15(8-6-7-9-15)13-18-14(19)16(12-17)10-4-3-5-11-16/h2-13,17H2,1H3,(H,18,19). The maximum atomic E-state index is 12.6. The molecule has 0 radical (unpaired) electrons. The van der Waals surface area contributed by atoms with E-state index in [1.807, 2.05) is 0 Å². The number of nitrogens with two attached hydrogens (primary N) is 1. The normalized spacial score (nSPS) is 25.2. The van der Waals surface area contributed by atoms with Crippen LogP contribution in [0.4, 0.5) is 0 Å². The lowest BCUT2D eigenvalue weighted by Crippen LogP contribution is -2.49. The first kappa shape index (κ1) is 14.8. The predicted octanol–water partition coefficient (Wildman–Crippen LogP) is 2.98. The lowest BCUT2D eigenvalue weighted by atomic mass is 9.73. The topological polar surface area (TPSA) is 55.1 Å². The van der Waals surface area contributed by atoms with Gasteiger partial charge < -0.3 is 11.1 Å². The van der Waals surface area contributed by atoms with Crippen molar-refractivity contribution >= 4 is 5.91 Å². The molecule has 0 aromatic heterocycles. The minimum Gasteiger partial charge on any atom is -0.355 e. The van der Waals surface area contributed by atoms with Gasteiger partial charge in [-0.2, -0.15) is 0 Å². The maximum Gasteiger partial charge on any atom is 0.227 e. The first-order valence-corrected chi connectivity index (χ1v) is 8.15. The van der Waals surface area contributed by atoms with Gasteiger partial charge in [0.2, 0.25) is 5.91 Å². The summed E-state index contributed by atoms with van der Waals surface area (Å²) in [5.41, 5.74) is 6.04. The highest BCUT2D eigenvalue weighted by Crippen LogP contribution is 2.41. The summed E-state index contributed by atoms with van der Waals surface area (Å²) in [7, 11) is 0. The molecule has 0 unspecified atom stereocenters. The van der Waals surface area contributed by atoms with Crippen molar-refractivity contribution in [1.82, 2.24) is 5.32 Å². The number of hydrogen-bond acceptors (Lipinski definition) is 2. The maximum absolute atomic E-state index is 12.6. The molecule has 0 atom stereocenters. The molecule has 2 aliphatic rings. The van der Waals surface area contributed by atoms with Crippen molar-refractivity contribution in [2.24, 2.45) is 16.6 Å². The molecule has 2 aliphatic carbocycles. The zero-order chi connectivity index (χ0) is 13.8. The molecule has 0 aliphatic heterocycles. The van der Waals surface area contributed by atoms with E-state index in [9.17, 15) is 4.79 Å². The van der Waals surface area contributed by atoms with Gasteiger partial charge in [-0.05, 0) is 37.5 Å². The second kappa shape index (κ2) is 6.25. The van der Waals surface area contributed by atoms with Crippen LogP contribution in [0.5, 0.6) is 0 Å². The fourth-order valence-corrected chi connectivity index (χ4v) is 3.99. The summed E-state index contributed by atoms with van der Waals surface area (Å²) in [4.78, 5) is 12.6. The largest absolute Gasteiger partial charge is 0.355 e. The Morgan fingerprint density at radius 3 is 2.16 bits per heavy atom. The molecule has 110 valence electrons. The highest BCUT2D eigenvalue weighted by atomic mass is 16.2. The van der Waals surface area contributed by atoms with E-state index in [4.69, 9.17) is 5.73 Å². The fourth-order valence-electron chi connectivity index (χ4n) is 3.99. The van der Waals surface area contributed by atoms with E-state index in [0.717, 1.165) is 32.2 Å². The molecule has 0 bridgehead atoms. The van der Waals surface area contributed by atoms with Crippen molar-refractivity contribution in [3.63, 3.8) is 0 Å². The Kier molecular flexibility index (Phi) is 4.88. The van der Waals surface area contributed by atoms with Crippen molar-refractivity contribution in [3.8, 4) is 0 Å². The highest BCUT2D eigenvalue weighted by Gasteiger charge is 2.39. The van der Waals surface area contributed by atoms with Gasteiger partial charge in [-0.3, -0.25) is 4.79 Å². The Labute approximate surface area is 117 Å². The molecule has 1 amide bonds. The zero-order valence-electron chi connectivity index (χ0n) is 12.5. The second-order valence-corrected chi connectivity index (χ2v) is 6.79. The minimum absolute atomic E-state index is 0.231. The van der Waals surface area contributed by atoms with Crippen LogP contribution >= 0.6 is 0 Å². The molecule has 2 rings (SSSR count). The molecule has 3 heteroatoms. The van der Waals surface area contributed by atoms with E-state index in [1.165, 1.54) is 38.5 Å². The van der Waals surface area contributed by atoms with Crippen molar-refractivity contribution in [2.75, 3.05) is 13.1 Å². The van der Waals surface area contributed by atoms with Gasteiger partial charge in [0, 0.05) is 13.1 Å².